The second-order valence-corrected chi connectivity index (χ2v) is 6.91. The second-order valence-electron chi connectivity index (χ2n) is 6.91. The van der Waals surface area contributed by atoms with E-state index in [-0.39, 0.29) is 18.0 Å². The molecular weight excluding hydrogens is 324 g/mol. The summed E-state index contributed by atoms with van der Waals surface area (Å²) in [7, 11) is 0. The van der Waals surface area contributed by atoms with E-state index in [1.807, 2.05) is 41.3 Å². The maximum Gasteiger partial charge on any atom is 0.331 e. The number of carbonyl (C=O) groups is 2. The van der Waals surface area contributed by atoms with E-state index in [4.69, 9.17) is 0 Å². The molecule has 4 nitrogen and oxygen atoms in total. The van der Waals surface area contributed by atoms with E-state index in [2.05, 4.69) is 18.2 Å². The zero-order chi connectivity index (χ0) is 17.7. The van der Waals surface area contributed by atoms with Gasteiger partial charge in [0.15, 0.2) is 0 Å². The van der Waals surface area contributed by atoms with Crippen molar-refractivity contribution in [2.45, 2.75) is 18.9 Å². The number of urea groups is 1. The molecule has 1 saturated heterocycles. The Morgan fingerprint density at radius 3 is 2.54 bits per heavy atom. The molecule has 0 N–H and O–H groups in total. The number of rotatable bonds is 1. The van der Waals surface area contributed by atoms with Gasteiger partial charge in [0, 0.05) is 11.3 Å². The van der Waals surface area contributed by atoms with Crippen LogP contribution in [0.4, 0.5) is 10.5 Å². The van der Waals surface area contributed by atoms with Crippen molar-refractivity contribution in [3.8, 4) is 0 Å². The van der Waals surface area contributed by atoms with Crippen molar-refractivity contribution in [1.82, 2.24) is 4.90 Å². The molecule has 0 radical (unpaired) electrons. The largest absolute Gasteiger partial charge is 0.331 e. The van der Waals surface area contributed by atoms with E-state index in [9.17, 15) is 9.59 Å². The third-order valence-corrected chi connectivity index (χ3v) is 5.46. The van der Waals surface area contributed by atoms with Crippen LogP contribution in [0.2, 0.25) is 0 Å². The Morgan fingerprint density at radius 2 is 1.69 bits per heavy atom. The van der Waals surface area contributed by atoms with Gasteiger partial charge in [-0.15, -0.1) is 0 Å². The van der Waals surface area contributed by atoms with Crippen molar-refractivity contribution in [1.29, 1.82) is 0 Å². The first-order valence-corrected chi connectivity index (χ1v) is 8.95. The third kappa shape index (κ3) is 2.15. The van der Waals surface area contributed by atoms with Crippen LogP contribution in [0.3, 0.4) is 0 Å². The Morgan fingerprint density at radius 1 is 0.923 bits per heavy atom. The van der Waals surface area contributed by atoms with Crippen LogP contribution in [0.15, 0.2) is 66.7 Å². The van der Waals surface area contributed by atoms with Gasteiger partial charge in [-0.1, -0.05) is 48.5 Å². The number of anilines is 1. The molecule has 128 valence electrons. The lowest BCUT2D eigenvalue weighted by Gasteiger charge is -2.31. The van der Waals surface area contributed by atoms with Gasteiger partial charge in [-0.05, 0) is 47.4 Å². The first-order chi connectivity index (χ1) is 12.7. The normalized spacial score (nSPS) is 18.8. The monoisotopic (exact) mass is 342 g/mol. The molecule has 1 atom stereocenters. The summed E-state index contributed by atoms with van der Waals surface area (Å²) in [6.45, 7) is 0.457. The fourth-order valence-electron chi connectivity index (χ4n) is 4.21. The highest BCUT2D eigenvalue weighted by molar-refractivity contribution is 6.12. The summed E-state index contributed by atoms with van der Waals surface area (Å²) in [4.78, 5) is 29.1. The molecular formula is C22H18N2O2. The summed E-state index contributed by atoms with van der Waals surface area (Å²) in [6, 6.07) is 21.2. The zero-order valence-corrected chi connectivity index (χ0v) is 14.3. The van der Waals surface area contributed by atoms with Crippen molar-refractivity contribution in [2.75, 3.05) is 11.4 Å². The molecule has 2 aliphatic rings. The van der Waals surface area contributed by atoms with Crippen molar-refractivity contribution in [2.24, 2.45) is 0 Å². The second kappa shape index (κ2) is 5.70. The minimum Gasteiger partial charge on any atom is -0.289 e. The van der Waals surface area contributed by atoms with Crippen molar-refractivity contribution in [3.05, 3.63) is 77.9 Å². The average molecular weight is 342 g/mol. The lowest BCUT2D eigenvalue weighted by molar-refractivity contribution is 0.0826. The molecule has 0 saturated carbocycles. The van der Waals surface area contributed by atoms with Crippen LogP contribution in [0, 0.1) is 0 Å². The highest BCUT2D eigenvalue weighted by atomic mass is 16.2. The van der Waals surface area contributed by atoms with Gasteiger partial charge in [-0.2, -0.15) is 0 Å². The van der Waals surface area contributed by atoms with Crippen LogP contribution >= 0.6 is 0 Å². The van der Waals surface area contributed by atoms with E-state index >= 15 is 0 Å². The Labute approximate surface area is 151 Å². The first-order valence-electron chi connectivity index (χ1n) is 8.95. The van der Waals surface area contributed by atoms with Crippen LogP contribution in [0.1, 0.15) is 22.3 Å². The highest BCUT2D eigenvalue weighted by Gasteiger charge is 2.44. The van der Waals surface area contributed by atoms with Gasteiger partial charge in [-0.25, -0.2) is 4.79 Å². The van der Waals surface area contributed by atoms with Crippen LogP contribution in [-0.4, -0.2) is 29.4 Å². The standard InChI is InChI=1S/C22H18N2O2/c25-21(16-7-2-1-3-8-16)23-14-17-11-12-19-18-9-5-4-6-15(18)10-13-20(19)24(17)22(23)26/h1-10,13,17H,11-12,14H2. The number of hydrogen-bond donors (Lipinski definition) is 0. The van der Waals surface area contributed by atoms with Crippen LogP contribution in [0.5, 0.6) is 0 Å². The topological polar surface area (TPSA) is 40.6 Å². The maximum absolute atomic E-state index is 13.1. The quantitative estimate of drug-likeness (QED) is 0.664. The number of hydrogen-bond acceptors (Lipinski definition) is 2. The van der Waals surface area contributed by atoms with Crippen molar-refractivity contribution >= 4 is 28.4 Å². The number of amides is 3. The van der Waals surface area contributed by atoms with Gasteiger partial charge in [0.2, 0.25) is 0 Å². The molecule has 1 fully saturated rings. The molecule has 0 aromatic heterocycles. The Hall–Kier alpha value is -3.14. The fraction of sp³-hybridized carbons (Fsp3) is 0.182. The average Bonchev–Trinajstić information content (AvgIpc) is 3.04. The summed E-state index contributed by atoms with van der Waals surface area (Å²) in [5, 5.41) is 2.39. The van der Waals surface area contributed by atoms with Gasteiger partial charge in [-0.3, -0.25) is 14.6 Å². The molecule has 3 amide bonds. The van der Waals surface area contributed by atoms with Crippen molar-refractivity contribution < 1.29 is 9.59 Å². The first kappa shape index (κ1) is 15.1. The van der Waals surface area contributed by atoms with Crippen LogP contribution < -0.4 is 4.90 Å². The molecule has 5 rings (SSSR count). The van der Waals surface area contributed by atoms with Crippen LogP contribution in [-0.2, 0) is 6.42 Å². The number of aryl methyl sites for hydroxylation is 1. The molecule has 4 heteroatoms. The van der Waals surface area contributed by atoms with Crippen molar-refractivity contribution in [3.63, 3.8) is 0 Å². The van der Waals surface area contributed by atoms with Gasteiger partial charge in [0.25, 0.3) is 5.91 Å². The molecule has 3 aromatic carbocycles. The van der Waals surface area contributed by atoms with E-state index in [0.29, 0.717) is 12.1 Å². The summed E-state index contributed by atoms with van der Waals surface area (Å²) in [5.74, 6) is -0.215. The third-order valence-electron chi connectivity index (χ3n) is 5.46. The highest BCUT2D eigenvalue weighted by Crippen LogP contribution is 2.39. The van der Waals surface area contributed by atoms with Gasteiger partial charge in [0.05, 0.1) is 12.6 Å². The number of carbonyl (C=O) groups excluding carboxylic acids is 2. The Bertz CT molecular complexity index is 1030. The fourth-order valence-corrected chi connectivity index (χ4v) is 4.21. The van der Waals surface area contributed by atoms with E-state index in [0.717, 1.165) is 18.5 Å². The van der Waals surface area contributed by atoms with E-state index in [1.54, 1.807) is 12.1 Å². The molecule has 1 unspecified atom stereocenters. The number of imide groups is 1. The summed E-state index contributed by atoms with van der Waals surface area (Å²) < 4.78 is 0. The molecule has 26 heavy (non-hydrogen) atoms. The predicted molar refractivity (Wildman–Crippen MR) is 101 cm³/mol. The molecule has 2 aliphatic heterocycles. The molecule has 2 heterocycles. The minimum absolute atomic E-state index is 0.0591. The van der Waals surface area contributed by atoms with E-state index < -0.39 is 0 Å². The van der Waals surface area contributed by atoms with Gasteiger partial charge in [0.1, 0.15) is 0 Å². The van der Waals surface area contributed by atoms with E-state index in [1.165, 1.54) is 21.2 Å². The predicted octanol–water partition coefficient (Wildman–Crippen LogP) is 4.24. The van der Waals surface area contributed by atoms with Gasteiger partial charge < -0.3 is 0 Å². The molecule has 0 aliphatic carbocycles. The maximum atomic E-state index is 13.1. The Balaban J connectivity index is 1.55. The smallest absolute Gasteiger partial charge is 0.289 e. The number of nitrogens with zero attached hydrogens (tertiary/aromatic N) is 2. The lowest BCUT2D eigenvalue weighted by atomic mass is 9.92. The van der Waals surface area contributed by atoms with Gasteiger partial charge >= 0.3 is 6.03 Å². The summed E-state index contributed by atoms with van der Waals surface area (Å²) >= 11 is 0. The minimum atomic E-state index is -0.215. The SMILES string of the molecule is O=C(c1ccccc1)N1CC2CCc3c(ccc4ccccc34)N2C1=O. The molecule has 3 aromatic rings. The Kier molecular flexibility index (Phi) is 3.32. The van der Waals surface area contributed by atoms with Crippen LogP contribution in [0.25, 0.3) is 10.8 Å². The lowest BCUT2D eigenvalue weighted by Crippen LogP contribution is -2.39. The number of benzene rings is 3. The number of fused-ring (bicyclic) bond motifs is 5. The summed E-state index contributed by atoms with van der Waals surface area (Å²) in [5.41, 5.74) is 2.72. The zero-order valence-electron chi connectivity index (χ0n) is 14.3. The summed E-state index contributed by atoms with van der Waals surface area (Å²) in [6.07, 6.45) is 1.81. The molecule has 0 spiro atoms. The molecule has 0 bridgehead atoms.